The predicted octanol–water partition coefficient (Wildman–Crippen LogP) is 3.16. The van der Waals surface area contributed by atoms with E-state index in [0.717, 1.165) is 23.7 Å². The van der Waals surface area contributed by atoms with E-state index in [1.165, 1.54) is 0 Å². The Balaban J connectivity index is 1.76. The molecule has 2 rings (SSSR count). The molecule has 0 unspecified atom stereocenters. The highest BCUT2D eigenvalue weighted by Gasteiger charge is 2.29. The average Bonchev–Trinajstić information content (AvgIpc) is 2.51. The van der Waals surface area contributed by atoms with Crippen LogP contribution in [0.15, 0.2) is 28.7 Å². The van der Waals surface area contributed by atoms with E-state index >= 15 is 0 Å². The summed E-state index contributed by atoms with van der Waals surface area (Å²) in [4.78, 5) is 25.8. The minimum atomic E-state index is -0.546. The van der Waals surface area contributed by atoms with Crippen molar-refractivity contribution in [3.8, 4) is 5.75 Å². The van der Waals surface area contributed by atoms with Gasteiger partial charge in [0.1, 0.15) is 5.75 Å². The molecule has 1 heterocycles. The van der Waals surface area contributed by atoms with Gasteiger partial charge in [-0.1, -0.05) is 22.0 Å². The Morgan fingerprint density at radius 1 is 1.22 bits per heavy atom. The van der Waals surface area contributed by atoms with Crippen LogP contribution >= 0.6 is 15.9 Å². The summed E-state index contributed by atoms with van der Waals surface area (Å²) in [6.07, 6.45) is 3.12. The number of esters is 1. The average molecular weight is 384 g/mol. The molecule has 126 valence electrons. The summed E-state index contributed by atoms with van der Waals surface area (Å²) in [6.45, 7) is 3.63. The third kappa shape index (κ3) is 5.23. The lowest BCUT2D eigenvalue weighted by molar-refractivity contribution is -0.156. The molecule has 1 saturated heterocycles. The molecular formula is C17H22BrNO4. The van der Waals surface area contributed by atoms with E-state index in [1.807, 2.05) is 30.9 Å². The summed E-state index contributed by atoms with van der Waals surface area (Å²) in [6, 6.07) is 7.58. The first-order valence-corrected chi connectivity index (χ1v) is 8.62. The van der Waals surface area contributed by atoms with E-state index in [2.05, 4.69) is 15.9 Å². The summed E-state index contributed by atoms with van der Waals surface area (Å²) in [5, 5.41) is 0. The summed E-state index contributed by atoms with van der Waals surface area (Å²) in [5.74, 6) is -0.114. The van der Waals surface area contributed by atoms with Gasteiger partial charge in [0, 0.05) is 16.6 Å². The Labute approximate surface area is 145 Å². The second-order valence-electron chi connectivity index (χ2n) is 5.84. The molecule has 0 N–H and O–H groups in total. The molecule has 1 aliphatic heterocycles. The number of benzene rings is 1. The molecule has 0 aliphatic carbocycles. The molecule has 1 amide bonds. The lowest BCUT2D eigenvalue weighted by Crippen LogP contribution is -2.49. The van der Waals surface area contributed by atoms with E-state index < -0.39 is 5.97 Å². The summed E-state index contributed by atoms with van der Waals surface area (Å²) in [7, 11) is 0. The van der Waals surface area contributed by atoms with Crippen LogP contribution in [0.3, 0.4) is 0 Å². The van der Waals surface area contributed by atoms with E-state index in [0.29, 0.717) is 5.75 Å². The van der Waals surface area contributed by atoms with Crippen LogP contribution in [0.4, 0.5) is 0 Å². The summed E-state index contributed by atoms with van der Waals surface area (Å²) < 4.78 is 11.2. The number of carbonyl (C=O) groups is 2. The number of carbonyl (C=O) groups excluding carboxylic acids is 2. The maximum atomic E-state index is 12.2. The third-order valence-electron chi connectivity index (χ3n) is 3.99. The minimum absolute atomic E-state index is 0.138. The number of likely N-dealkylation sites (tertiary alicyclic amines) is 1. The van der Waals surface area contributed by atoms with Crippen LogP contribution in [0.2, 0.25) is 0 Å². The number of hydrogen-bond donors (Lipinski definition) is 0. The minimum Gasteiger partial charge on any atom is -0.482 e. The van der Waals surface area contributed by atoms with Crippen LogP contribution in [0.25, 0.3) is 0 Å². The van der Waals surface area contributed by atoms with Crippen molar-refractivity contribution in [2.24, 2.45) is 0 Å². The first-order valence-electron chi connectivity index (χ1n) is 7.82. The standard InChI is InChI=1S/C17H22BrNO4/c1-12-5-3-6-13(2)19(12)16(20)10-23-17(21)11-22-15-8-4-7-14(18)9-15/h4,7-9,12-13H,3,5-6,10-11H2,1-2H3/t12-,13-/m1/s1. The second kappa shape index (κ2) is 8.34. The van der Waals surface area contributed by atoms with Gasteiger partial charge in [-0.15, -0.1) is 0 Å². The van der Waals surface area contributed by atoms with Gasteiger partial charge in [0.15, 0.2) is 13.2 Å². The Morgan fingerprint density at radius 3 is 2.57 bits per heavy atom. The number of rotatable bonds is 5. The fourth-order valence-corrected chi connectivity index (χ4v) is 3.25. The second-order valence-corrected chi connectivity index (χ2v) is 6.75. The number of piperidine rings is 1. The molecule has 1 aromatic carbocycles. The maximum absolute atomic E-state index is 12.2. The molecule has 1 fully saturated rings. The highest BCUT2D eigenvalue weighted by Crippen LogP contribution is 2.22. The van der Waals surface area contributed by atoms with E-state index in [9.17, 15) is 9.59 Å². The number of ether oxygens (including phenoxy) is 2. The molecule has 0 bridgehead atoms. The molecular weight excluding hydrogens is 362 g/mol. The van der Waals surface area contributed by atoms with E-state index in [4.69, 9.17) is 9.47 Å². The zero-order valence-electron chi connectivity index (χ0n) is 13.5. The Morgan fingerprint density at radius 2 is 1.91 bits per heavy atom. The van der Waals surface area contributed by atoms with Crippen molar-refractivity contribution in [1.82, 2.24) is 4.90 Å². The van der Waals surface area contributed by atoms with Gasteiger partial charge in [0.05, 0.1) is 0 Å². The monoisotopic (exact) mass is 383 g/mol. The predicted molar refractivity (Wildman–Crippen MR) is 90.2 cm³/mol. The first-order chi connectivity index (χ1) is 11.0. The van der Waals surface area contributed by atoms with Gasteiger partial charge >= 0.3 is 5.97 Å². The van der Waals surface area contributed by atoms with Gasteiger partial charge in [-0.25, -0.2) is 4.79 Å². The summed E-state index contributed by atoms with van der Waals surface area (Å²) in [5.41, 5.74) is 0. The van der Waals surface area contributed by atoms with Crippen molar-refractivity contribution in [3.05, 3.63) is 28.7 Å². The zero-order valence-corrected chi connectivity index (χ0v) is 15.0. The molecule has 6 heteroatoms. The number of amides is 1. The van der Waals surface area contributed by atoms with Crippen LogP contribution in [0.1, 0.15) is 33.1 Å². The number of nitrogens with zero attached hydrogens (tertiary/aromatic N) is 1. The van der Waals surface area contributed by atoms with Crippen molar-refractivity contribution in [1.29, 1.82) is 0 Å². The molecule has 0 radical (unpaired) electrons. The SMILES string of the molecule is C[C@@H]1CCC[C@@H](C)N1C(=O)COC(=O)COc1cccc(Br)c1. The highest BCUT2D eigenvalue weighted by atomic mass is 79.9. The van der Waals surface area contributed by atoms with Crippen molar-refractivity contribution >= 4 is 27.8 Å². The Kier molecular flexibility index (Phi) is 6.45. The van der Waals surface area contributed by atoms with Crippen LogP contribution in [0, 0.1) is 0 Å². The Hall–Kier alpha value is -1.56. The maximum Gasteiger partial charge on any atom is 0.344 e. The first kappa shape index (κ1) is 17.8. The molecule has 1 aromatic rings. The van der Waals surface area contributed by atoms with Gasteiger partial charge in [-0.3, -0.25) is 4.79 Å². The van der Waals surface area contributed by atoms with Crippen molar-refractivity contribution in [2.75, 3.05) is 13.2 Å². The van der Waals surface area contributed by atoms with Crippen LogP contribution in [-0.2, 0) is 14.3 Å². The topological polar surface area (TPSA) is 55.8 Å². The third-order valence-corrected chi connectivity index (χ3v) is 4.48. The smallest absolute Gasteiger partial charge is 0.344 e. The number of hydrogen-bond acceptors (Lipinski definition) is 4. The normalized spacial score (nSPS) is 20.9. The van der Waals surface area contributed by atoms with Crippen molar-refractivity contribution < 1.29 is 19.1 Å². The van der Waals surface area contributed by atoms with Crippen LogP contribution in [0.5, 0.6) is 5.75 Å². The fraction of sp³-hybridized carbons (Fsp3) is 0.529. The summed E-state index contributed by atoms with van der Waals surface area (Å²) >= 11 is 3.33. The van der Waals surface area contributed by atoms with Gasteiger partial charge in [-0.2, -0.15) is 0 Å². The molecule has 0 saturated carbocycles. The Bertz CT molecular complexity index is 553. The zero-order chi connectivity index (χ0) is 16.8. The van der Waals surface area contributed by atoms with E-state index in [1.54, 1.807) is 12.1 Å². The lowest BCUT2D eigenvalue weighted by Gasteiger charge is -2.38. The van der Waals surface area contributed by atoms with E-state index in [-0.39, 0.29) is 31.2 Å². The fourth-order valence-electron chi connectivity index (χ4n) is 2.87. The molecule has 2 atom stereocenters. The molecule has 0 aromatic heterocycles. The van der Waals surface area contributed by atoms with Crippen molar-refractivity contribution in [3.63, 3.8) is 0 Å². The molecule has 23 heavy (non-hydrogen) atoms. The van der Waals surface area contributed by atoms with Gasteiger partial charge in [0.25, 0.3) is 5.91 Å². The lowest BCUT2D eigenvalue weighted by atomic mass is 9.97. The number of halogens is 1. The van der Waals surface area contributed by atoms with Crippen LogP contribution < -0.4 is 4.74 Å². The molecule has 5 nitrogen and oxygen atoms in total. The van der Waals surface area contributed by atoms with Gasteiger partial charge in [-0.05, 0) is 51.3 Å². The molecule has 0 spiro atoms. The van der Waals surface area contributed by atoms with Crippen LogP contribution in [-0.4, -0.2) is 42.1 Å². The molecule has 1 aliphatic rings. The van der Waals surface area contributed by atoms with Crippen molar-refractivity contribution in [2.45, 2.75) is 45.2 Å². The highest BCUT2D eigenvalue weighted by molar-refractivity contribution is 9.10. The largest absolute Gasteiger partial charge is 0.482 e. The van der Waals surface area contributed by atoms with Gasteiger partial charge in [0.2, 0.25) is 0 Å². The quantitative estimate of drug-likeness (QED) is 0.732. The van der Waals surface area contributed by atoms with Gasteiger partial charge < -0.3 is 14.4 Å².